The highest BCUT2D eigenvalue weighted by Gasteiger charge is 2.50. The molecule has 1 aliphatic rings. The number of halogens is 3. The van der Waals surface area contributed by atoms with Crippen molar-refractivity contribution in [3.63, 3.8) is 0 Å². The molecule has 11 heteroatoms. The second-order valence-corrected chi connectivity index (χ2v) is 8.24. The largest absolute Gasteiger partial charge is 0.573 e. The van der Waals surface area contributed by atoms with Crippen LogP contribution in [0.3, 0.4) is 0 Å². The van der Waals surface area contributed by atoms with E-state index in [0.717, 1.165) is 17.4 Å². The van der Waals surface area contributed by atoms with E-state index in [1.165, 1.54) is 12.1 Å². The number of nitrogens with one attached hydrogen (secondary N) is 2. The van der Waals surface area contributed by atoms with Gasteiger partial charge in [0.15, 0.2) is 5.13 Å². The molecule has 0 spiro atoms. The maximum absolute atomic E-state index is 12.6. The lowest BCUT2D eigenvalue weighted by atomic mass is 10.0. The van der Waals surface area contributed by atoms with E-state index in [1.54, 1.807) is 13.8 Å². The predicted octanol–water partition coefficient (Wildman–Crippen LogP) is 2.77. The Morgan fingerprint density at radius 2 is 2.00 bits per heavy atom. The van der Waals surface area contributed by atoms with Gasteiger partial charge in [0, 0.05) is 12.6 Å². The lowest BCUT2D eigenvalue weighted by Gasteiger charge is -2.27. The first kappa shape index (κ1) is 20.3. The van der Waals surface area contributed by atoms with Crippen molar-refractivity contribution < 1.29 is 27.5 Å². The third-order valence-corrected chi connectivity index (χ3v) is 5.47. The van der Waals surface area contributed by atoms with Crippen molar-refractivity contribution in [1.82, 2.24) is 10.3 Å². The number of benzene rings is 1. The van der Waals surface area contributed by atoms with Crippen molar-refractivity contribution >= 4 is 38.5 Å². The van der Waals surface area contributed by atoms with Gasteiger partial charge in [-0.25, -0.2) is 4.98 Å². The van der Waals surface area contributed by atoms with Gasteiger partial charge in [-0.1, -0.05) is 11.3 Å². The van der Waals surface area contributed by atoms with Gasteiger partial charge < -0.3 is 15.8 Å². The monoisotopic (exact) mass is 416 g/mol. The fourth-order valence-corrected chi connectivity index (χ4v) is 3.45. The maximum atomic E-state index is 12.6. The van der Waals surface area contributed by atoms with Gasteiger partial charge in [0.1, 0.15) is 11.3 Å². The summed E-state index contributed by atoms with van der Waals surface area (Å²) in [6.07, 6.45) is -3.42. The zero-order valence-electron chi connectivity index (χ0n) is 15.1. The van der Waals surface area contributed by atoms with Gasteiger partial charge in [-0.2, -0.15) is 0 Å². The van der Waals surface area contributed by atoms with Gasteiger partial charge in [0.05, 0.1) is 15.6 Å². The lowest BCUT2D eigenvalue weighted by Crippen LogP contribution is -2.55. The minimum Gasteiger partial charge on any atom is -0.406 e. The number of nitrogens with two attached hydrogens (primary N) is 1. The molecule has 2 amide bonds. The number of carbonyl (C=O) groups excluding carboxylic acids is 2. The molecule has 0 aliphatic heterocycles. The number of ether oxygens (including phenoxy) is 1. The van der Waals surface area contributed by atoms with Crippen LogP contribution >= 0.6 is 11.3 Å². The third-order valence-electron chi connectivity index (χ3n) is 4.53. The second-order valence-electron chi connectivity index (χ2n) is 7.21. The maximum Gasteiger partial charge on any atom is 0.573 e. The number of alkyl halides is 3. The van der Waals surface area contributed by atoms with E-state index >= 15 is 0 Å². The molecule has 1 aromatic carbocycles. The summed E-state index contributed by atoms with van der Waals surface area (Å²) in [6.45, 7) is 3.32. The summed E-state index contributed by atoms with van der Waals surface area (Å²) in [7, 11) is 0. The molecule has 2 aromatic rings. The molecule has 0 bridgehead atoms. The van der Waals surface area contributed by atoms with Crippen molar-refractivity contribution in [2.45, 2.75) is 38.6 Å². The van der Waals surface area contributed by atoms with Gasteiger partial charge in [-0.15, -0.1) is 13.2 Å². The molecule has 0 saturated heterocycles. The molecule has 7 nitrogen and oxygen atoms in total. The average molecular weight is 416 g/mol. The summed E-state index contributed by atoms with van der Waals surface area (Å²) in [6, 6.07) is 3.71. The quantitative estimate of drug-likeness (QED) is 0.671. The zero-order chi connectivity index (χ0) is 20.7. The molecular formula is C17H19F3N4O3S. The number of amides is 2. The fourth-order valence-electron chi connectivity index (χ4n) is 2.56. The number of hydrogen-bond acceptors (Lipinski definition) is 6. The van der Waals surface area contributed by atoms with Crippen LogP contribution in [0.25, 0.3) is 10.2 Å². The third kappa shape index (κ3) is 4.36. The van der Waals surface area contributed by atoms with Crippen LogP contribution in [0.1, 0.15) is 26.7 Å². The van der Waals surface area contributed by atoms with Gasteiger partial charge in [-0.3, -0.25) is 14.9 Å². The number of carbonyl (C=O) groups is 2. The molecule has 1 heterocycles. The Morgan fingerprint density at radius 3 is 2.57 bits per heavy atom. The molecular weight excluding hydrogens is 397 g/mol. The average Bonchev–Trinajstić information content (AvgIpc) is 3.28. The molecule has 4 N–H and O–H groups in total. The normalized spacial score (nSPS) is 15.9. The van der Waals surface area contributed by atoms with E-state index in [0.29, 0.717) is 23.1 Å². The molecule has 0 atom stereocenters. The van der Waals surface area contributed by atoms with Crippen LogP contribution in [0.15, 0.2) is 18.2 Å². The molecule has 1 aromatic heterocycles. The van der Waals surface area contributed by atoms with Crippen LogP contribution in [0, 0.1) is 5.41 Å². The Hall–Kier alpha value is -2.40. The highest BCUT2D eigenvalue weighted by Crippen LogP contribution is 2.45. The second kappa shape index (κ2) is 6.89. The molecule has 3 rings (SSSR count). The molecule has 0 unspecified atom stereocenters. The number of aromatic nitrogens is 1. The van der Waals surface area contributed by atoms with Crippen LogP contribution in [0.5, 0.6) is 5.75 Å². The van der Waals surface area contributed by atoms with Crippen molar-refractivity contribution in [1.29, 1.82) is 0 Å². The Kier molecular flexibility index (Phi) is 5.00. The topological polar surface area (TPSA) is 106 Å². The van der Waals surface area contributed by atoms with E-state index in [1.807, 2.05) is 0 Å². The Balaban J connectivity index is 1.70. The predicted molar refractivity (Wildman–Crippen MR) is 97.9 cm³/mol. The Labute approximate surface area is 162 Å². The van der Waals surface area contributed by atoms with Crippen LogP contribution < -0.4 is 21.1 Å². The van der Waals surface area contributed by atoms with E-state index in [4.69, 9.17) is 5.73 Å². The van der Waals surface area contributed by atoms with E-state index in [9.17, 15) is 22.8 Å². The lowest BCUT2D eigenvalue weighted by molar-refractivity contribution is -0.274. The minimum absolute atomic E-state index is 0.200. The van der Waals surface area contributed by atoms with Crippen LogP contribution in [-0.2, 0) is 9.59 Å². The SMILES string of the molecule is CC(C)(NC(=O)C1(CN)CC1)C(=O)Nc1nc2ccc(OC(F)(F)F)cc2s1. The highest BCUT2D eigenvalue weighted by atomic mass is 32.1. The van der Waals surface area contributed by atoms with Crippen molar-refractivity contribution in [2.24, 2.45) is 11.1 Å². The van der Waals surface area contributed by atoms with E-state index < -0.39 is 23.2 Å². The standard InChI is InChI=1S/C17H19F3N4O3S/c1-15(2,24-13(26)16(8-21)5-6-16)12(25)23-14-22-10-4-3-9(7-11(10)28-14)27-17(18,19)20/h3-4,7H,5-6,8,21H2,1-2H3,(H,24,26)(H,22,23,25). The number of nitrogens with zero attached hydrogens (tertiary/aromatic N) is 1. The number of hydrogen-bond donors (Lipinski definition) is 3. The summed E-state index contributed by atoms with van der Waals surface area (Å²) < 4.78 is 41.3. The molecule has 0 radical (unpaired) electrons. The van der Waals surface area contributed by atoms with Gasteiger partial charge in [-0.05, 0) is 38.8 Å². The molecule has 1 saturated carbocycles. The first-order valence-corrected chi connectivity index (χ1v) is 9.26. The number of thiazole rings is 1. The van der Waals surface area contributed by atoms with Gasteiger partial charge in [0.25, 0.3) is 5.91 Å². The minimum atomic E-state index is -4.79. The first-order valence-electron chi connectivity index (χ1n) is 8.45. The molecule has 28 heavy (non-hydrogen) atoms. The summed E-state index contributed by atoms with van der Waals surface area (Å²) in [4.78, 5) is 29.1. The zero-order valence-corrected chi connectivity index (χ0v) is 16.0. The van der Waals surface area contributed by atoms with Crippen LogP contribution in [0.4, 0.5) is 18.3 Å². The van der Waals surface area contributed by atoms with Gasteiger partial charge in [0.2, 0.25) is 5.91 Å². The smallest absolute Gasteiger partial charge is 0.406 e. The number of fused-ring (bicyclic) bond motifs is 1. The molecule has 152 valence electrons. The van der Waals surface area contributed by atoms with Crippen LogP contribution in [0.2, 0.25) is 0 Å². The Bertz CT molecular complexity index is 922. The summed E-state index contributed by atoms with van der Waals surface area (Å²) in [5.41, 5.74) is 4.23. The molecule has 1 aliphatic carbocycles. The van der Waals surface area contributed by atoms with Gasteiger partial charge >= 0.3 is 6.36 Å². The summed E-state index contributed by atoms with van der Waals surface area (Å²) in [5, 5.41) is 5.49. The summed E-state index contributed by atoms with van der Waals surface area (Å²) >= 11 is 1.00. The number of rotatable bonds is 6. The van der Waals surface area contributed by atoms with E-state index in [2.05, 4.69) is 20.4 Å². The van der Waals surface area contributed by atoms with Crippen LogP contribution in [-0.4, -0.2) is 35.2 Å². The van der Waals surface area contributed by atoms with Crippen molar-refractivity contribution in [3.8, 4) is 5.75 Å². The Morgan fingerprint density at radius 1 is 1.32 bits per heavy atom. The van der Waals surface area contributed by atoms with Crippen molar-refractivity contribution in [3.05, 3.63) is 18.2 Å². The first-order chi connectivity index (χ1) is 12.9. The summed E-state index contributed by atoms with van der Waals surface area (Å²) in [5.74, 6) is -1.14. The fraction of sp³-hybridized carbons (Fsp3) is 0.471. The number of anilines is 1. The van der Waals surface area contributed by atoms with E-state index in [-0.39, 0.29) is 23.3 Å². The van der Waals surface area contributed by atoms with Crippen molar-refractivity contribution in [2.75, 3.05) is 11.9 Å². The highest BCUT2D eigenvalue weighted by molar-refractivity contribution is 7.22. The molecule has 1 fully saturated rings.